The summed E-state index contributed by atoms with van der Waals surface area (Å²) in [6, 6.07) is 2.62. The smallest absolute Gasteiger partial charge is 0.195 e. The molecule has 0 amide bonds. The number of halogens is 2. The third kappa shape index (κ3) is 1.64. The van der Waals surface area contributed by atoms with Gasteiger partial charge in [-0.1, -0.05) is 11.6 Å². The Morgan fingerprint density at radius 3 is 3.06 bits per heavy atom. The van der Waals surface area contributed by atoms with E-state index >= 15 is 0 Å². The van der Waals surface area contributed by atoms with Gasteiger partial charge < -0.3 is 9.72 Å². The Labute approximate surface area is 101 Å². The van der Waals surface area contributed by atoms with E-state index in [0.717, 1.165) is 5.69 Å². The van der Waals surface area contributed by atoms with Crippen molar-refractivity contribution in [2.45, 2.75) is 13.0 Å². The maximum absolute atomic E-state index is 13.3. The summed E-state index contributed by atoms with van der Waals surface area (Å²) in [4.78, 5) is 15.2. The molecule has 0 atom stereocenters. The predicted octanol–water partition coefficient (Wildman–Crippen LogP) is 2.39. The molecule has 1 aromatic carbocycles. The monoisotopic (exact) mass is 253 g/mol. The van der Waals surface area contributed by atoms with Crippen LogP contribution < -0.4 is 5.43 Å². The second kappa shape index (κ2) is 3.82. The zero-order valence-electron chi connectivity index (χ0n) is 8.85. The van der Waals surface area contributed by atoms with Gasteiger partial charge >= 0.3 is 0 Å². The van der Waals surface area contributed by atoms with Gasteiger partial charge in [0.1, 0.15) is 5.82 Å². The minimum Gasteiger partial charge on any atom is -0.376 e. The first-order chi connectivity index (χ1) is 8.16. The molecule has 0 saturated heterocycles. The molecule has 0 fully saturated rings. The molecule has 3 nitrogen and oxygen atoms in total. The number of rotatable bonds is 0. The first-order valence-corrected chi connectivity index (χ1v) is 5.65. The fourth-order valence-corrected chi connectivity index (χ4v) is 2.25. The predicted molar refractivity (Wildman–Crippen MR) is 62.9 cm³/mol. The Hall–Kier alpha value is -1.39. The fraction of sp³-hybridized carbons (Fsp3) is 0.250. The van der Waals surface area contributed by atoms with Crippen molar-refractivity contribution in [2.75, 3.05) is 6.61 Å². The first-order valence-electron chi connectivity index (χ1n) is 5.27. The summed E-state index contributed by atoms with van der Waals surface area (Å²) in [6.45, 7) is 0.875. The summed E-state index contributed by atoms with van der Waals surface area (Å²) in [5, 5.41) is 0.361. The van der Waals surface area contributed by atoms with Gasteiger partial charge in [0.05, 0.1) is 23.8 Å². The van der Waals surface area contributed by atoms with Crippen LogP contribution in [0.1, 0.15) is 11.3 Å². The SMILES string of the molecule is O=c1c2c([nH]c3cc(F)c(Cl)cc13)CCOC2. The van der Waals surface area contributed by atoms with Crippen molar-refractivity contribution >= 4 is 22.5 Å². The van der Waals surface area contributed by atoms with Gasteiger partial charge in [-0.2, -0.15) is 0 Å². The molecular weight excluding hydrogens is 245 g/mol. The molecule has 1 aromatic heterocycles. The molecule has 1 N–H and O–H groups in total. The summed E-state index contributed by atoms with van der Waals surface area (Å²) < 4.78 is 18.6. The molecular formula is C12H9ClFNO2. The average Bonchev–Trinajstić information content (AvgIpc) is 2.32. The number of aromatic nitrogens is 1. The van der Waals surface area contributed by atoms with Gasteiger partial charge in [-0.15, -0.1) is 0 Å². The maximum Gasteiger partial charge on any atom is 0.195 e. The Bertz CT molecular complexity index is 666. The van der Waals surface area contributed by atoms with Crippen LogP contribution >= 0.6 is 11.6 Å². The molecule has 0 radical (unpaired) electrons. The molecule has 2 heterocycles. The molecule has 0 spiro atoms. The Balaban J connectivity index is 2.40. The van der Waals surface area contributed by atoms with Gasteiger partial charge in [0.2, 0.25) is 0 Å². The maximum atomic E-state index is 13.3. The van der Waals surface area contributed by atoms with Crippen LogP contribution in [0.2, 0.25) is 5.02 Å². The van der Waals surface area contributed by atoms with Crippen molar-refractivity contribution in [3.05, 3.63) is 44.5 Å². The van der Waals surface area contributed by atoms with E-state index in [-0.39, 0.29) is 10.5 Å². The average molecular weight is 254 g/mol. The molecule has 17 heavy (non-hydrogen) atoms. The van der Waals surface area contributed by atoms with Crippen molar-refractivity contribution in [3.63, 3.8) is 0 Å². The third-order valence-electron chi connectivity index (χ3n) is 2.97. The number of aromatic amines is 1. The first kappa shape index (κ1) is 10.7. The van der Waals surface area contributed by atoms with Crippen molar-refractivity contribution < 1.29 is 9.13 Å². The lowest BCUT2D eigenvalue weighted by atomic mass is 10.1. The summed E-state index contributed by atoms with van der Waals surface area (Å²) >= 11 is 5.68. The fourth-order valence-electron chi connectivity index (χ4n) is 2.09. The molecule has 2 aromatic rings. The summed E-state index contributed by atoms with van der Waals surface area (Å²) in [5.74, 6) is -0.526. The number of hydrogen-bond acceptors (Lipinski definition) is 2. The van der Waals surface area contributed by atoms with Crippen molar-refractivity contribution in [1.29, 1.82) is 0 Å². The van der Waals surface area contributed by atoms with E-state index in [0.29, 0.717) is 36.1 Å². The zero-order valence-corrected chi connectivity index (χ0v) is 9.60. The summed E-state index contributed by atoms with van der Waals surface area (Å²) in [7, 11) is 0. The van der Waals surface area contributed by atoms with Crippen LogP contribution in [0.15, 0.2) is 16.9 Å². The molecule has 5 heteroatoms. The largest absolute Gasteiger partial charge is 0.376 e. The van der Waals surface area contributed by atoms with Gasteiger partial charge in [0, 0.05) is 23.1 Å². The van der Waals surface area contributed by atoms with Crippen molar-refractivity contribution in [1.82, 2.24) is 4.98 Å². The number of H-pyrrole nitrogens is 1. The van der Waals surface area contributed by atoms with Crippen LogP contribution in [0, 0.1) is 5.82 Å². The minimum absolute atomic E-state index is 0.0420. The van der Waals surface area contributed by atoms with E-state index in [1.807, 2.05) is 0 Å². The Morgan fingerprint density at radius 1 is 1.41 bits per heavy atom. The van der Waals surface area contributed by atoms with Gasteiger partial charge in [-0.3, -0.25) is 4.79 Å². The third-order valence-corrected chi connectivity index (χ3v) is 3.26. The molecule has 1 aliphatic heterocycles. The van der Waals surface area contributed by atoms with Crippen LogP contribution in [0.3, 0.4) is 0 Å². The quantitative estimate of drug-likeness (QED) is 0.783. The van der Waals surface area contributed by atoms with E-state index in [2.05, 4.69) is 4.98 Å². The van der Waals surface area contributed by atoms with Crippen molar-refractivity contribution in [3.8, 4) is 0 Å². The topological polar surface area (TPSA) is 42.1 Å². The van der Waals surface area contributed by atoms with Crippen LogP contribution in [0.4, 0.5) is 4.39 Å². The van der Waals surface area contributed by atoms with E-state index in [1.165, 1.54) is 12.1 Å². The van der Waals surface area contributed by atoms with E-state index in [4.69, 9.17) is 16.3 Å². The molecule has 0 unspecified atom stereocenters. The standard InChI is InChI=1S/C12H9ClFNO2/c13-8-3-6-11(4-9(8)14)15-10-1-2-17-5-7(10)12(6)16/h3-4H,1-2,5H2,(H,15,16). The number of fused-ring (bicyclic) bond motifs is 2. The van der Waals surface area contributed by atoms with Gasteiger partial charge in [-0.25, -0.2) is 4.39 Å². The highest BCUT2D eigenvalue weighted by atomic mass is 35.5. The number of benzene rings is 1. The minimum atomic E-state index is -0.526. The van der Waals surface area contributed by atoms with E-state index < -0.39 is 5.82 Å². The number of ether oxygens (including phenoxy) is 1. The molecule has 0 bridgehead atoms. The highest BCUT2D eigenvalue weighted by molar-refractivity contribution is 6.31. The van der Waals surface area contributed by atoms with Crippen LogP contribution in [-0.2, 0) is 17.8 Å². The zero-order chi connectivity index (χ0) is 12.0. The normalized spacial score (nSPS) is 14.9. The summed E-state index contributed by atoms with van der Waals surface area (Å²) in [6.07, 6.45) is 0.644. The Morgan fingerprint density at radius 2 is 2.24 bits per heavy atom. The lowest BCUT2D eigenvalue weighted by Crippen LogP contribution is -2.21. The number of pyridine rings is 1. The van der Waals surface area contributed by atoms with E-state index in [9.17, 15) is 9.18 Å². The van der Waals surface area contributed by atoms with Gasteiger partial charge in [0.25, 0.3) is 0 Å². The number of nitrogens with one attached hydrogen (secondary N) is 1. The van der Waals surface area contributed by atoms with Gasteiger partial charge in [0.15, 0.2) is 5.43 Å². The number of hydrogen-bond donors (Lipinski definition) is 1. The van der Waals surface area contributed by atoms with Crippen LogP contribution in [0.5, 0.6) is 0 Å². The molecule has 1 aliphatic rings. The second-order valence-corrected chi connectivity index (χ2v) is 4.43. The highest BCUT2D eigenvalue weighted by Gasteiger charge is 2.17. The lowest BCUT2D eigenvalue weighted by Gasteiger charge is -2.16. The molecule has 88 valence electrons. The Kier molecular flexibility index (Phi) is 2.42. The molecule has 3 rings (SSSR count). The lowest BCUT2D eigenvalue weighted by molar-refractivity contribution is 0.109. The molecule has 0 aliphatic carbocycles. The van der Waals surface area contributed by atoms with Gasteiger partial charge in [-0.05, 0) is 12.1 Å². The van der Waals surface area contributed by atoms with Crippen LogP contribution in [0.25, 0.3) is 10.9 Å². The van der Waals surface area contributed by atoms with E-state index in [1.54, 1.807) is 0 Å². The summed E-state index contributed by atoms with van der Waals surface area (Å²) in [5.41, 5.74) is 1.80. The highest BCUT2D eigenvalue weighted by Crippen LogP contribution is 2.22. The molecule has 0 saturated carbocycles. The van der Waals surface area contributed by atoms with Crippen molar-refractivity contribution in [2.24, 2.45) is 0 Å². The second-order valence-electron chi connectivity index (χ2n) is 4.03. The van der Waals surface area contributed by atoms with Crippen LogP contribution in [-0.4, -0.2) is 11.6 Å².